The summed E-state index contributed by atoms with van der Waals surface area (Å²) in [4.78, 5) is 2.58. The highest BCUT2D eigenvalue weighted by atomic mass is 16.5. The molecule has 0 aromatic heterocycles. The van der Waals surface area contributed by atoms with E-state index in [0.717, 1.165) is 31.7 Å². The number of fused-ring (bicyclic) bond motifs is 5. The Morgan fingerprint density at radius 1 is 0.968 bits per heavy atom. The van der Waals surface area contributed by atoms with Gasteiger partial charge in [-0.1, -0.05) is 42.5 Å². The average Bonchev–Trinajstić information content (AvgIpc) is 2.94. The van der Waals surface area contributed by atoms with Gasteiger partial charge in [-0.15, -0.1) is 0 Å². The Bertz CT molecular complexity index is 1080. The van der Waals surface area contributed by atoms with Crippen molar-refractivity contribution >= 4 is 5.69 Å². The monoisotopic (exact) mass is 412 g/mol. The van der Waals surface area contributed by atoms with Crippen LogP contribution in [0.4, 0.5) is 5.69 Å². The molecule has 0 amide bonds. The summed E-state index contributed by atoms with van der Waals surface area (Å²) in [7, 11) is 4.09. The topological polar surface area (TPSA) is 24.5 Å². The van der Waals surface area contributed by atoms with Crippen LogP contribution in [0, 0.1) is 6.92 Å². The van der Waals surface area contributed by atoms with Crippen LogP contribution in [0.15, 0.2) is 60.7 Å². The van der Waals surface area contributed by atoms with Crippen LogP contribution in [0.25, 0.3) is 0 Å². The summed E-state index contributed by atoms with van der Waals surface area (Å²) in [5.41, 5.74) is 9.67. The first-order valence-corrected chi connectivity index (χ1v) is 11.4. The molecular formula is C28H32N2O. The normalized spacial score (nSPS) is 20.2. The maximum atomic E-state index is 5.72. The van der Waals surface area contributed by atoms with Crippen molar-refractivity contribution in [3.05, 3.63) is 94.0 Å². The molecule has 2 atom stereocenters. The third-order valence-corrected chi connectivity index (χ3v) is 7.20. The molecule has 0 saturated heterocycles. The number of hydrogen-bond acceptors (Lipinski definition) is 3. The predicted octanol–water partition coefficient (Wildman–Crippen LogP) is 5.55. The molecule has 0 spiro atoms. The van der Waals surface area contributed by atoms with Crippen LogP contribution in [-0.2, 0) is 19.4 Å². The number of benzene rings is 3. The molecular weight excluding hydrogens is 380 g/mol. The maximum absolute atomic E-state index is 5.72. The highest BCUT2D eigenvalue weighted by Gasteiger charge is 2.36. The fourth-order valence-corrected chi connectivity index (χ4v) is 5.51. The summed E-state index contributed by atoms with van der Waals surface area (Å²) >= 11 is 0. The van der Waals surface area contributed by atoms with Crippen LogP contribution in [-0.4, -0.2) is 31.6 Å². The molecule has 3 aromatic rings. The largest absolute Gasteiger partial charge is 0.496 e. The highest BCUT2D eigenvalue weighted by Crippen LogP contribution is 2.44. The van der Waals surface area contributed by atoms with Gasteiger partial charge in [0.15, 0.2) is 0 Å². The van der Waals surface area contributed by atoms with Gasteiger partial charge in [0, 0.05) is 30.7 Å². The van der Waals surface area contributed by atoms with Gasteiger partial charge in [0.05, 0.1) is 7.11 Å². The number of ether oxygens (including phenoxy) is 1. The Hall–Kier alpha value is -2.78. The number of nitrogens with zero attached hydrogens (tertiary/aromatic N) is 1. The number of rotatable bonds is 4. The molecule has 0 radical (unpaired) electrons. The molecule has 0 saturated carbocycles. The number of hydrogen-bond donors (Lipinski definition) is 1. The molecule has 3 aromatic carbocycles. The number of likely N-dealkylation sites (N-methyl/N-ethyl adjacent to an activating group) is 1. The molecule has 1 N–H and O–H groups in total. The second-order valence-electron chi connectivity index (χ2n) is 9.09. The second-order valence-corrected chi connectivity index (χ2v) is 9.09. The smallest absolute Gasteiger partial charge is 0.122 e. The Labute approximate surface area is 186 Å². The van der Waals surface area contributed by atoms with E-state index < -0.39 is 0 Å². The van der Waals surface area contributed by atoms with E-state index in [1.54, 1.807) is 7.11 Å². The lowest BCUT2D eigenvalue weighted by Gasteiger charge is -2.38. The minimum absolute atomic E-state index is 0.406. The third-order valence-electron chi connectivity index (χ3n) is 7.20. The van der Waals surface area contributed by atoms with E-state index in [-0.39, 0.29) is 0 Å². The lowest BCUT2D eigenvalue weighted by molar-refractivity contribution is 0.214. The van der Waals surface area contributed by atoms with Crippen molar-refractivity contribution in [2.24, 2.45) is 0 Å². The van der Waals surface area contributed by atoms with Gasteiger partial charge in [-0.3, -0.25) is 0 Å². The molecule has 5 rings (SSSR count). The van der Waals surface area contributed by atoms with E-state index in [2.05, 4.69) is 84.9 Å². The minimum atomic E-state index is 0.406. The Morgan fingerprint density at radius 2 is 1.77 bits per heavy atom. The van der Waals surface area contributed by atoms with E-state index in [4.69, 9.17) is 4.74 Å². The van der Waals surface area contributed by atoms with Crippen molar-refractivity contribution in [1.82, 2.24) is 4.90 Å². The van der Waals surface area contributed by atoms with Gasteiger partial charge in [0.2, 0.25) is 0 Å². The number of aryl methyl sites for hydroxylation is 2. The molecule has 0 bridgehead atoms. The molecule has 3 heteroatoms. The minimum Gasteiger partial charge on any atom is -0.496 e. The van der Waals surface area contributed by atoms with Crippen molar-refractivity contribution in [3.8, 4) is 5.75 Å². The summed E-state index contributed by atoms with van der Waals surface area (Å²) in [5.74, 6) is 1.42. The first kappa shape index (κ1) is 20.1. The Morgan fingerprint density at radius 3 is 2.58 bits per heavy atom. The Balaban J connectivity index is 1.50. The molecule has 160 valence electrons. The van der Waals surface area contributed by atoms with E-state index in [1.165, 1.54) is 45.5 Å². The first-order chi connectivity index (χ1) is 15.1. The van der Waals surface area contributed by atoms with Crippen molar-refractivity contribution in [2.75, 3.05) is 26.0 Å². The molecule has 2 unspecified atom stereocenters. The first-order valence-electron chi connectivity index (χ1n) is 11.4. The van der Waals surface area contributed by atoms with Gasteiger partial charge in [-0.2, -0.15) is 0 Å². The molecule has 1 heterocycles. The van der Waals surface area contributed by atoms with Gasteiger partial charge < -0.3 is 15.0 Å². The zero-order valence-electron chi connectivity index (χ0n) is 18.8. The molecule has 31 heavy (non-hydrogen) atoms. The van der Waals surface area contributed by atoms with Crippen molar-refractivity contribution in [2.45, 2.75) is 44.7 Å². The van der Waals surface area contributed by atoms with Crippen LogP contribution >= 0.6 is 0 Å². The van der Waals surface area contributed by atoms with Gasteiger partial charge >= 0.3 is 0 Å². The molecule has 0 fully saturated rings. The van der Waals surface area contributed by atoms with Gasteiger partial charge in [0.25, 0.3) is 0 Å². The molecule has 3 nitrogen and oxygen atoms in total. The lowest BCUT2D eigenvalue weighted by Crippen LogP contribution is -2.39. The fraction of sp³-hybridized carbons (Fsp3) is 0.357. The van der Waals surface area contributed by atoms with E-state index in [0.29, 0.717) is 12.0 Å². The molecule has 2 aliphatic rings. The lowest BCUT2D eigenvalue weighted by atomic mass is 9.74. The van der Waals surface area contributed by atoms with Crippen molar-refractivity contribution in [1.29, 1.82) is 0 Å². The van der Waals surface area contributed by atoms with Crippen LogP contribution < -0.4 is 10.1 Å². The van der Waals surface area contributed by atoms with Crippen molar-refractivity contribution in [3.63, 3.8) is 0 Å². The zero-order valence-corrected chi connectivity index (χ0v) is 18.8. The SMILES string of the molecule is COc1cc2c(cc1C)CCN(C)C1CCc3cc(NCc4ccccc4)ccc3C21. The van der Waals surface area contributed by atoms with Gasteiger partial charge in [0.1, 0.15) is 5.75 Å². The van der Waals surface area contributed by atoms with Crippen molar-refractivity contribution < 1.29 is 4.74 Å². The predicted molar refractivity (Wildman–Crippen MR) is 128 cm³/mol. The van der Waals surface area contributed by atoms with Crippen LogP contribution in [0.1, 0.15) is 45.7 Å². The number of anilines is 1. The van der Waals surface area contributed by atoms with E-state index in [1.807, 2.05) is 0 Å². The quantitative estimate of drug-likeness (QED) is 0.608. The zero-order chi connectivity index (χ0) is 21.4. The number of methoxy groups -OCH3 is 1. The fourth-order valence-electron chi connectivity index (χ4n) is 5.51. The van der Waals surface area contributed by atoms with E-state index >= 15 is 0 Å². The van der Waals surface area contributed by atoms with Crippen LogP contribution in [0.2, 0.25) is 0 Å². The van der Waals surface area contributed by atoms with Crippen LogP contribution in [0.3, 0.4) is 0 Å². The standard InChI is InChI=1S/C28H32N2O/c1-19-15-22-13-14-30(2)26-12-9-21-16-23(29-18-20-7-5-4-6-8-20)10-11-24(21)28(26)25(22)17-27(19)31-3/h4-8,10-11,15-17,26,28-29H,9,12-14,18H2,1-3H3. The molecule has 1 aliphatic heterocycles. The Kier molecular flexibility index (Phi) is 5.45. The summed E-state index contributed by atoms with van der Waals surface area (Å²) in [6.07, 6.45) is 3.45. The van der Waals surface area contributed by atoms with Gasteiger partial charge in [-0.25, -0.2) is 0 Å². The summed E-state index contributed by atoms with van der Waals surface area (Å²) in [6.45, 7) is 4.13. The van der Waals surface area contributed by atoms with Gasteiger partial charge in [-0.05, 0) is 84.8 Å². The third kappa shape index (κ3) is 3.83. The second kappa shape index (κ2) is 8.39. The number of nitrogens with one attached hydrogen (secondary N) is 1. The van der Waals surface area contributed by atoms with Crippen LogP contribution in [0.5, 0.6) is 5.75 Å². The summed E-state index contributed by atoms with van der Waals surface area (Å²) < 4.78 is 5.72. The molecule has 1 aliphatic carbocycles. The van der Waals surface area contributed by atoms with E-state index in [9.17, 15) is 0 Å². The average molecular weight is 413 g/mol. The summed E-state index contributed by atoms with van der Waals surface area (Å²) in [5, 5.41) is 3.62. The maximum Gasteiger partial charge on any atom is 0.122 e. The highest BCUT2D eigenvalue weighted by molar-refractivity contribution is 5.56. The summed E-state index contributed by atoms with van der Waals surface area (Å²) in [6, 6.07) is 22.8.